The van der Waals surface area contributed by atoms with E-state index in [1.165, 1.54) is 17.8 Å². The maximum atomic E-state index is 12.7. The van der Waals surface area contributed by atoms with E-state index in [2.05, 4.69) is 10.6 Å². The van der Waals surface area contributed by atoms with Crippen LogP contribution in [0.25, 0.3) is 10.1 Å². The van der Waals surface area contributed by atoms with Crippen molar-refractivity contribution in [2.45, 2.75) is 38.1 Å². The van der Waals surface area contributed by atoms with Gasteiger partial charge in [-0.05, 0) is 37.1 Å². The van der Waals surface area contributed by atoms with Gasteiger partial charge in [-0.3, -0.25) is 9.59 Å². The Morgan fingerprint density at radius 1 is 0.964 bits per heavy atom. The van der Waals surface area contributed by atoms with Crippen LogP contribution in [0, 0.1) is 0 Å². The lowest BCUT2D eigenvalue weighted by atomic mass is 9.95. The molecule has 2 amide bonds. The van der Waals surface area contributed by atoms with E-state index in [0.717, 1.165) is 35.8 Å². The molecule has 2 aromatic carbocycles. The van der Waals surface area contributed by atoms with E-state index in [1.807, 2.05) is 24.3 Å². The Morgan fingerprint density at radius 3 is 2.54 bits per heavy atom. The van der Waals surface area contributed by atoms with Gasteiger partial charge in [-0.1, -0.05) is 55.1 Å². The van der Waals surface area contributed by atoms with Crippen molar-refractivity contribution in [3.8, 4) is 0 Å². The highest BCUT2D eigenvalue weighted by Gasteiger charge is 2.19. The van der Waals surface area contributed by atoms with E-state index in [-0.39, 0.29) is 17.9 Å². The Kier molecular flexibility index (Phi) is 5.64. The quantitative estimate of drug-likeness (QED) is 0.563. The Morgan fingerprint density at radius 2 is 1.75 bits per heavy atom. The Hall–Kier alpha value is -2.37. The third-order valence-electron chi connectivity index (χ3n) is 5.06. The Balaban J connectivity index is 1.48. The third-order valence-corrected chi connectivity index (χ3v) is 6.74. The summed E-state index contributed by atoms with van der Waals surface area (Å²) in [4.78, 5) is 25.7. The number of anilines is 1. The van der Waals surface area contributed by atoms with Crippen LogP contribution in [0.5, 0.6) is 0 Å². The molecular weight excluding hydrogens is 392 g/mol. The maximum absolute atomic E-state index is 12.7. The molecule has 0 bridgehead atoms. The topological polar surface area (TPSA) is 58.2 Å². The molecule has 2 N–H and O–H groups in total. The van der Waals surface area contributed by atoms with Crippen molar-refractivity contribution in [2.75, 3.05) is 5.32 Å². The van der Waals surface area contributed by atoms with E-state index in [4.69, 9.17) is 11.6 Å². The van der Waals surface area contributed by atoms with Gasteiger partial charge in [-0.15, -0.1) is 11.3 Å². The van der Waals surface area contributed by atoms with Gasteiger partial charge in [0, 0.05) is 27.4 Å². The standard InChI is InChI=1S/C22H21ClN2O2S/c23-19-17-11-4-5-12-18(17)28-20(19)22(27)25-16-10-6-7-14(13-16)21(26)24-15-8-2-1-3-9-15/h4-7,10-13,15H,1-3,8-9H2,(H,24,26)(H,25,27). The number of carbonyl (C=O) groups is 2. The summed E-state index contributed by atoms with van der Waals surface area (Å²) in [6.07, 6.45) is 5.64. The number of thiophene rings is 1. The Labute approximate surface area is 172 Å². The summed E-state index contributed by atoms with van der Waals surface area (Å²) in [6, 6.07) is 14.9. The lowest BCUT2D eigenvalue weighted by Gasteiger charge is -2.22. The summed E-state index contributed by atoms with van der Waals surface area (Å²) < 4.78 is 0.971. The number of rotatable bonds is 4. The van der Waals surface area contributed by atoms with E-state index in [1.54, 1.807) is 24.3 Å². The number of nitrogens with one attached hydrogen (secondary N) is 2. The second-order valence-corrected chi connectivity index (χ2v) is 8.51. The lowest BCUT2D eigenvalue weighted by Crippen LogP contribution is -2.36. The lowest BCUT2D eigenvalue weighted by molar-refractivity contribution is 0.0926. The van der Waals surface area contributed by atoms with E-state index in [9.17, 15) is 9.59 Å². The summed E-state index contributed by atoms with van der Waals surface area (Å²) in [7, 11) is 0. The summed E-state index contributed by atoms with van der Waals surface area (Å²) >= 11 is 7.76. The molecule has 1 fully saturated rings. The molecule has 1 heterocycles. The molecule has 1 aliphatic carbocycles. The van der Waals surface area contributed by atoms with Crippen molar-refractivity contribution >= 4 is 50.5 Å². The first-order chi connectivity index (χ1) is 13.6. The molecule has 0 saturated heterocycles. The van der Waals surface area contributed by atoms with Gasteiger partial charge < -0.3 is 10.6 Å². The maximum Gasteiger partial charge on any atom is 0.267 e. The van der Waals surface area contributed by atoms with Crippen molar-refractivity contribution < 1.29 is 9.59 Å². The molecule has 0 aliphatic heterocycles. The predicted molar refractivity (Wildman–Crippen MR) is 116 cm³/mol. The first-order valence-corrected chi connectivity index (χ1v) is 10.7. The first-order valence-electron chi connectivity index (χ1n) is 9.51. The molecule has 144 valence electrons. The van der Waals surface area contributed by atoms with Gasteiger partial charge in [-0.25, -0.2) is 0 Å². The number of hydrogen-bond acceptors (Lipinski definition) is 3. The number of fused-ring (bicyclic) bond motifs is 1. The van der Waals surface area contributed by atoms with Crippen LogP contribution in [-0.4, -0.2) is 17.9 Å². The predicted octanol–water partition coefficient (Wildman–Crippen LogP) is 5.87. The SMILES string of the molecule is O=C(NC1CCCCC1)c1cccc(NC(=O)c2sc3ccccc3c2Cl)c1. The normalized spacial score (nSPS) is 14.8. The van der Waals surface area contributed by atoms with Gasteiger partial charge in [0.05, 0.1) is 5.02 Å². The molecule has 1 saturated carbocycles. The summed E-state index contributed by atoms with van der Waals surface area (Å²) in [6.45, 7) is 0. The van der Waals surface area contributed by atoms with Gasteiger partial charge in [0.1, 0.15) is 4.88 Å². The number of amides is 2. The number of halogens is 1. The molecule has 0 radical (unpaired) electrons. The number of carbonyl (C=O) groups excluding carboxylic acids is 2. The monoisotopic (exact) mass is 412 g/mol. The first kappa shape index (κ1) is 19.0. The van der Waals surface area contributed by atoms with Crippen LogP contribution in [0.3, 0.4) is 0 Å². The van der Waals surface area contributed by atoms with Crippen LogP contribution in [-0.2, 0) is 0 Å². The molecule has 1 aliphatic rings. The Bertz CT molecular complexity index is 1020. The van der Waals surface area contributed by atoms with E-state index in [0.29, 0.717) is 21.2 Å². The van der Waals surface area contributed by atoms with Crippen LogP contribution in [0.15, 0.2) is 48.5 Å². The van der Waals surface area contributed by atoms with Crippen LogP contribution in [0.4, 0.5) is 5.69 Å². The van der Waals surface area contributed by atoms with Crippen LogP contribution < -0.4 is 10.6 Å². The third kappa shape index (κ3) is 4.05. The van der Waals surface area contributed by atoms with Crippen molar-refractivity contribution in [1.29, 1.82) is 0 Å². The second-order valence-electron chi connectivity index (χ2n) is 7.08. The van der Waals surface area contributed by atoms with Gasteiger partial charge >= 0.3 is 0 Å². The highest BCUT2D eigenvalue weighted by molar-refractivity contribution is 7.21. The molecule has 28 heavy (non-hydrogen) atoms. The minimum atomic E-state index is -0.268. The zero-order valence-electron chi connectivity index (χ0n) is 15.3. The summed E-state index contributed by atoms with van der Waals surface area (Å²) in [5.41, 5.74) is 1.13. The van der Waals surface area contributed by atoms with Crippen molar-refractivity contribution in [2.24, 2.45) is 0 Å². The molecule has 4 nitrogen and oxygen atoms in total. The molecule has 0 unspecified atom stereocenters. The molecule has 3 aromatic rings. The van der Waals surface area contributed by atoms with Crippen molar-refractivity contribution in [3.63, 3.8) is 0 Å². The average Bonchev–Trinajstić information content (AvgIpc) is 3.06. The molecule has 4 rings (SSSR count). The zero-order chi connectivity index (χ0) is 19.5. The molecule has 0 spiro atoms. The van der Waals surface area contributed by atoms with Gasteiger partial charge in [0.15, 0.2) is 0 Å². The largest absolute Gasteiger partial charge is 0.349 e. The van der Waals surface area contributed by atoms with Crippen LogP contribution >= 0.6 is 22.9 Å². The highest BCUT2D eigenvalue weighted by Crippen LogP contribution is 2.35. The second kappa shape index (κ2) is 8.33. The van der Waals surface area contributed by atoms with Gasteiger partial charge in [0.25, 0.3) is 11.8 Å². The van der Waals surface area contributed by atoms with Gasteiger partial charge in [-0.2, -0.15) is 0 Å². The molecule has 1 aromatic heterocycles. The fraction of sp³-hybridized carbons (Fsp3) is 0.273. The molecule has 0 atom stereocenters. The fourth-order valence-electron chi connectivity index (χ4n) is 3.60. The molecular formula is C22H21ClN2O2S. The fourth-order valence-corrected chi connectivity index (χ4v) is 5.01. The number of benzene rings is 2. The highest BCUT2D eigenvalue weighted by atomic mass is 35.5. The summed E-state index contributed by atoms with van der Waals surface area (Å²) in [5.74, 6) is -0.362. The van der Waals surface area contributed by atoms with Crippen LogP contribution in [0.1, 0.15) is 52.1 Å². The smallest absolute Gasteiger partial charge is 0.267 e. The van der Waals surface area contributed by atoms with Crippen molar-refractivity contribution in [3.05, 3.63) is 64.0 Å². The van der Waals surface area contributed by atoms with Gasteiger partial charge in [0.2, 0.25) is 0 Å². The van der Waals surface area contributed by atoms with Crippen molar-refractivity contribution in [1.82, 2.24) is 5.32 Å². The zero-order valence-corrected chi connectivity index (χ0v) is 16.9. The van der Waals surface area contributed by atoms with Crippen LogP contribution in [0.2, 0.25) is 5.02 Å². The minimum Gasteiger partial charge on any atom is -0.349 e. The number of hydrogen-bond donors (Lipinski definition) is 2. The molecule has 6 heteroatoms. The van der Waals surface area contributed by atoms with E-state index < -0.39 is 0 Å². The average molecular weight is 413 g/mol. The summed E-state index contributed by atoms with van der Waals surface area (Å²) in [5, 5.41) is 7.31. The minimum absolute atomic E-state index is 0.0945. The van der Waals surface area contributed by atoms with E-state index >= 15 is 0 Å².